The summed E-state index contributed by atoms with van der Waals surface area (Å²) in [4.78, 5) is 21.7. The molecule has 0 heterocycles. The Kier molecular flexibility index (Phi) is 3.41. The maximum atomic E-state index is 11.2. The first-order chi connectivity index (χ1) is 7.00. The van der Waals surface area contributed by atoms with Crippen LogP contribution in [0, 0.1) is 6.92 Å². The number of benzene rings is 1. The summed E-state index contributed by atoms with van der Waals surface area (Å²) in [5, 5.41) is 17.3. The van der Waals surface area contributed by atoms with Crippen LogP contribution in [0.15, 0.2) is 24.3 Å². The van der Waals surface area contributed by atoms with Crippen LogP contribution in [0.4, 0.5) is 0 Å². The lowest BCUT2D eigenvalue weighted by Crippen LogP contribution is -2.14. The third kappa shape index (κ3) is 3.07. The highest BCUT2D eigenvalue weighted by Gasteiger charge is 2.10. The summed E-state index contributed by atoms with van der Waals surface area (Å²) in [5.41, 5.74) is 0.226. The highest BCUT2D eigenvalue weighted by atomic mass is 16.6. The maximum Gasteiger partial charge on any atom is 0.340 e. The van der Waals surface area contributed by atoms with Gasteiger partial charge < -0.3 is 14.9 Å². The summed E-state index contributed by atoms with van der Waals surface area (Å²) >= 11 is 0. The van der Waals surface area contributed by atoms with Crippen LogP contribution in [-0.4, -0.2) is 28.4 Å². The third-order valence-corrected chi connectivity index (χ3v) is 1.61. The van der Waals surface area contributed by atoms with Gasteiger partial charge in [0, 0.05) is 6.92 Å². The SMILES string of the molecule is [CH2]C(O)OC(=O)c1ccc(C(=O)O)cc1. The predicted molar refractivity (Wildman–Crippen MR) is 50.2 cm³/mol. The van der Waals surface area contributed by atoms with Crippen LogP contribution in [0.5, 0.6) is 0 Å². The number of hydrogen-bond donors (Lipinski definition) is 2. The average Bonchev–Trinajstić information content (AvgIpc) is 2.17. The van der Waals surface area contributed by atoms with Crippen LogP contribution in [0.25, 0.3) is 0 Å². The molecule has 0 aliphatic carbocycles. The van der Waals surface area contributed by atoms with Gasteiger partial charge in [0.2, 0.25) is 6.29 Å². The molecule has 5 heteroatoms. The van der Waals surface area contributed by atoms with Crippen molar-refractivity contribution in [3.8, 4) is 0 Å². The monoisotopic (exact) mass is 209 g/mol. The van der Waals surface area contributed by atoms with Crippen molar-refractivity contribution < 1.29 is 24.5 Å². The molecular formula is C10H9O5. The zero-order valence-corrected chi connectivity index (χ0v) is 7.71. The Labute approximate surface area is 85.9 Å². The number of carboxylic acid groups (broad SMARTS) is 1. The van der Waals surface area contributed by atoms with Crippen molar-refractivity contribution in [2.24, 2.45) is 0 Å². The van der Waals surface area contributed by atoms with Gasteiger partial charge in [0.1, 0.15) is 0 Å². The first kappa shape index (κ1) is 11.2. The summed E-state index contributed by atoms with van der Waals surface area (Å²) < 4.78 is 4.39. The van der Waals surface area contributed by atoms with E-state index in [1.54, 1.807) is 0 Å². The second-order valence-electron chi connectivity index (χ2n) is 2.74. The second-order valence-corrected chi connectivity index (χ2v) is 2.74. The molecule has 1 aromatic carbocycles. The van der Waals surface area contributed by atoms with Crippen molar-refractivity contribution in [1.29, 1.82) is 0 Å². The standard InChI is InChI=1S/C10H9O5/c1-6(11)15-10(14)8-4-2-7(3-5-8)9(12)13/h2-6,11H,1H2,(H,12,13). The minimum absolute atomic E-state index is 0.0710. The van der Waals surface area contributed by atoms with Gasteiger partial charge in [-0.05, 0) is 24.3 Å². The molecule has 5 nitrogen and oxygen atoms in total. The molecule has 1 atom stereocenters. The molecule has 0 saturated heterocycles. The Balaban J connectivity index is 2.80. The van der Waals surface area contributed by atoms with Gasteiger partial charge in [0.05, 0.1) is 11.1 Å². The van der Waals surface area contributed by atoms with Gasteiger partial charge in [-0.25, -0.2) is 9.59 Å². The fourth-order valence-corrected chi connectivity index (χ4v) is 0.940. The number of hydrogen-bond acceptors (Lipinski definition) is 4. The Morgan fingerprint density at radius 2 is 1.67 bits per heavy atom. The van der Waals surface area contributed by atoms with Crippen molar-refractivity contribution in [2.45, 2.75) is 6.29 Å². The molecule has 0 spiro atoms. The predicted octanol–water partition coefficient (Wildman–Crippen LogP) is 0.694. The Morgan fingerprint density at radius 1 is 1.20 bits per heavy atom. The molecule has 1 aromatic rings. The summed E-state index contributed by atoms with van der Waals surface area (Å²) in [5.74, 6) is -1.83. The molecule has 15 heavy (non-hydrogen) atoms. The molecule has 0 fully saturated rings. The Morgan fingerprint density at radius 3 is 2.07 bits per heavy atom. The maximum absolute atomic E-state index is 11.2. The van der Waals surface area contributed by atoms with Crippen LogP contribution < -0.4 is 0 Å². The van der Waals surface area contributed by atoms with E-state index in [1.165, 1.54) is 24.3 Å². The van der Waals surface area contributed by atoms with E-state index in [4.69, 9.17) is 10.2 Å². The molecule has 0 aliphatic heterocycles. The van der Waals surface area contributed by atoms with Gasteiger partial charge in [-0.3, -0.25) is 0 Å². The van der Waals surface area contributed by atoms with E-state index in [0.29, 0.717) is 0 Å². The topological polar surface area (TPSA) is 83.8 Å². The number of aromatic carboxylic acids is 1. The van der Waals surface area contributed by atoms with Crippen LogP contribution in [-0.2, 0) is 4.74 Å². The Bertz CT molecular complexity index is 366. The van der Waals surface area contributed by atoms with Gasteiger partial charge in [-0.1, -0.05) is 0 Å². The molecular weight excluding hydrogens is 200 g/mol. The molecule has 1 rings (SSSR count). The molecule has 1 radical (unpaired) electrons. The van der Waals surface area contributed by atoms with Crippen LogP contribution in [0.3, 0.4) is 0 Å². The number of ether oxygens (including phenoxy) is 1. The number of rotatable bonds is 3. The van der Waals surface area contributed by atoms with Gasteiger partial charge in [0.25, 0.3) is 0 Å². The fraction of sp³-hybridized carbons (Fsp3) is 0.100. The van der Waals surface area contributed by atoms with Crippen LogP contribution >= 0.6 is 0 Å². The van der Waals surface area contributed by atoms with E-state index < -0.39 is 18.2 Å². The van der Waals surface area contributed by atoms with Crippen molar-refractivity contribution in [1.82, 2.24) is 0 Å². The molecule has 0 saturated carbocycles. The molecule has 1 unspecified atom stereocenters. The average molecular weight is 209 g/mol. The summed E-state index contributed by atoms with van der Waals surface area (Å²) in [6.07, 6.45) is -1.43. The number of aliphatic hydroxyl groups excluding tert-OH is 1. The second kappa shape index (κ2) is 4.56. The van der Waals surface area contributed by atoms with Crippen LogP contribution in [0.1, 0.15) is 20.7 Å². The Hall–Kier alpha value is -1.88. The summed E-state index contributed by atoms with van der Waals surface area (Å²) in [7, 11) is 0. The summed E-state index contributed by atoms with van der Waals surface area (Å²) in [6, 6.07) is 5.14. The van der Waals surface area contributed by atoms with E-state index in [2.05, 4.69) is 11.7 Å². The van der Waals surface area contributed by atoms with Crippen molar-refractivity contribution in [3.05, 3.63) is 42.3 Å². The summed E-state index contributed by atoms with van der Waals surface area (Å²) in [6.45, 7) is 3.07. The molecule has 0 amide bonds. The van der Waals surface area contributed by atoms with Gasteiger partial charge in [0.15, 0.2) is 0 Å². The number of carbonyl (C=O) groups excluding carboxylic acids is 1. The normalized spacial score (nSPS) is 11.9. The molecule has 0 bridgehead atoms. The number of carbonyl (C=O) groups is 2. The smallest absolute Gasteiger partial charge is 0.340 e. The van der Waals surface area contributed by atoms with Gasteiger partial charge in [-0.15, -0.1) is 0 Å². The quantitative estimate of drug-likeness (QED) is 0.565. The molecule has 0 aromatic heterocycles. The molecule has 0 aliphatic rings. The van der Waals surface area contributed by atoms with Crippen molar-refractivity contribution in [3.63, 3.8) is 0 Å². The first-order valence-electron chi connectivity index (χ1n) is 4.06. The van der Waals surface area contributed by atoms with Gasteiger partial charge in [-0.2, -0.15) is 0 Å². The lowest BCUT2D eigenvalue weighted by molar-refractivity contribution is -0.0369. The van der Waals surface area contributed by atoms with Gasteiger partial charge >= 0.3 is 11.9 Å². The van der Waals surface area contributed by atoms with E-state index in [-0.39, 0.29) is 11.1 Å². The van der Waals surface area contributed by atoms with Crippen LogP contribution in [0.2, 0.25) is 0 Å². The minimum atomic E-state index is -1.43. The highest BCUT2D eigenvalue weighted by Crippen LogP contribution is 2.06. The number of esters is 1. The molecule has 79 valence electrons. The number of carboxylic acids is 1. The van der Waals surface area contributed by atoms with E-state index in [9.17, 15) is 9.59 Å². The zero-order valence-electron chi connectivity index (χ0n) is 7.71. The van der Waals surface area contributed by atoms with E-state index in [1.807, 2.05) is 0 Å². The lowest BCUT2D eigenvalue weighted by atomic mass is 10.1. The van der Waals surface area contributed by atoms with E-state index >= 15 is 0 Å². The lowest BCUT2D eigenvalue weighted by Gasteiger charge is -2.06. The van der Waals surface area contributed by atoms with Crippen molar-refractivity contribution in [2.75, 3.05) is 0 Å². The van der Waals surface area contributed by atoms with E-state index in [0.717, 1.165) is 0 Å². The fourth-order valence-electron chi connectivity index (χ4n) is 0.940. The minimum Gasteiger partial charge on any atom is -0.478 e. The number of aliphatic hydroxyl groups is 1. The third-order valence-electron chi connectivity index (χ3n) is 1.61. The zero-order chi connectivity index (χ0) is 11.4. The largest absolute Gasteiger partial charge is 0.478 e. The molecule has 2 N–H and O–H groups in total. The highest BCUT2D eigenvalue weighted by molar-refractivity contribution is 5.92. The van der Waals surface area contributed by atoms with Crippen molar-refractivity contribution >= 4 is 11.9 Å². The first-order valence-corrected chi connectivity index (χ1v) is 4.06.